The van der Waals surface area contributed by atoms with E-state index in [1.165, 1.54) is 6.07 Å². The molecule has 1 amide bonds. The molecule has 0 saturated carbocycles. The van der Waals surface area contributed by atoms with Crippen molar-refractivity contribution in [2.45, 2.75) is 39.5 Å². The fourth-order valence-corrected chi connectivity index (χ4v) is 4.19. The second-order valence-electron chi connectivity index (χ2n) is 8.25. The molecule has 27 heavy (non-hydrogen) atoms. The number of nitrogens with zero attached hydrogens (tertiary/aromatic N) is 1. The maximum absolute atomic E-state index is 13.2. The monoisotopic (exact) mass is 365 g/mol. The molecular formula is C21H23N3O3. The van der Waals surface area contributed by atoms with Gasteiger partial charge in [-0.1, -0.05) is 19.9 Å². The lowest BCUT2D eigenvalue weighted by Gasteiger charge is -2.31. The topological polar surface area (TPSA) is 96.3 Å². The molecule has 2 aliphatic rings. The third kappa shape index (κ3) is 2.95. The van der Waals surface area contributed by atoms with Crippen LogP contribution in [0, 0.1) is 5.41 Å². The molecule has 0 unspecified atom stereocenters. The van der Waals surface area contributed by atoms with Gasteiger partial charge in [-0.05, 0) is 48.4 Å². The summed E-state index contributed by atoms with van der Waals surface area (Å²) in [6.45, 7) is 4.52. The van der Waals surface area contributed by atoms with Gasteiger partial charge in [0.1, 0.15) is 5.56 Å². The van der Waals surface area contributed by atoms with Crippen molar-refractivity contribution in [3.63, 3.8) is 0 Å². The number of benzene rings is 1. The van der Waals surface area contributed by atoms with Crippen LogP contribution in [-0.2, 0) is 12.8 Å². The number of aromatic amines is 1. The van der Waals surface area contributed by atoms with E-state index in [1.54, 1.807) is 4.90 Å². The smallest absolute Gasteiger partial charge is 0.263 e. The van der Waals surface area contributed by atoms with E-state index in [2.05, 4.69) is 4.98 Å². The maximum Gasteiger partial charge on any atom is 0.263 e. The lowest BCUT2D eigenvalue weighted by Crippen LogP contribution is -2.40. The molecule has 0 fully saturated rings. The highest BCUT2D eigenvalue weighted by Gasteiger charge is 2.34. The van der Waals surface area contributed by atoms with Crippen LogP contribution in [0.25, 0.3) is 0 Å². The molecule has 6 nitrogen and oxygen atoms in total. The number of carbonyl (C=O) groups excluding carboxylic acids is 2. The summed E-state index contributed by atoms with van der Waals surface area (Å²) in [5, 5.41) is 0. The molecule has 0 spiro atoms. The fourth-order valence-electron chi connectivity index (χ4n) is 4.19. The Morgan fingerprint density at radius 1 is 1.22 bits per heavy atom. The van der Waals surface area contributed by atoms with Crippen molar-refractivity contribution in [2.75, 3.05) is 17.2 Å². The zero-order chi connectivity index (χ0) is 19.3. The van der Waals surface area contributed by atoms with E-state index in [-0.39, 0.29) is 22.7 Å². The molecule has 140 valence electrons. The summed E-state index contributed by atoms with van der Waals surface area (Å²) in [4.78, 5) is 42.7. The molecule has 1 aromatic carbocycles. The van der Waals surface area contributed by atoms with E-state index in [9.17, 15) is 14.4 Å². The molecule has 4 rings (SSSR count). The van der Waals surface area contributed by atoms with Gasteiger partial charge in [-0.15, -0.1) is 0 Å². The van der Waals surface area contributed by atoms with Gasteiger partial charge < -0.3 is 15.6 Å². The Bertz CT molecular complexity index is 1020. The molecule has 2 aromatic rings. The Balaban J connectivity index is 1.77. The van der Waals surface area contributed by atoms with Gasteiger partial charge in [0, 0.05) is 35.6 Å². The molecule has 0 radical (unpaired) electrons. The number of aromatic nitrogens is 1. The molecular weight excluding hydrogens is 342 g/mol. The molecule has 1 aromatic heterocycles. The number of nitrogen functional groups attached to an aromatic ring is 1. The number of rotatable bonds is 1. The quantitative estimate of drug-likeness (QED) is 0.760. The first-order valence-corrected chi connectivity index (χ1v) is 9.25. The number of hydrogen-bond acceptors (Lipinski definition) is 4. The van der Waals surface area contributed by atoms with Crippen LogP contribution in [0.2, 0.25) is 0 Å². The van der Waals surface area contributed by atoms with Crippen molar-refractivity contribution in [3.8, 4) is 0 Å². The Hall–Kier alpha value is -2.89. The van der Waals surface area contributed by atoms with Gasteiger partial charge in [-0.25, -0.2) is 0 Å². The Morgan fingerprint density at radius 3 is 2.78 bits per heavy atom. The van der Waals surface area contributed by atoms with Crippen molar-refractivity contribution >= 4 is 23.1 Å². The average molecular weight is 365 g/mol. The second kappa shape index (κ2) is 6.08. The van der Waals surface area contributed by atoms with E-state index < -0.39 is 5.56 Å². The van der Waals surface area contributed by atoms with Crippen molar-refractivity contribution < 1.29 is 9.59 Å². The minimum absolute atomic E-state index is 0.0112. The molecule has 0 atom stereocenters. The first-order valence-electron chi connectivity index (χ1n) is 9.25. The van der Waals surface area contributed by atoms with Crippen molar-refractivity contribution in [2.24, 2.45) is 5.41 Å². The number of nitrogens with two attached hydrogens (primary N) is 1. The van der Waals surface area contributed by atoms with Crippen LogP contribution in [0.4, 0.5) is 11.4 Å². The number of anilines is 2. The summed E-state index contributed by atoms with van der Waals surface area (Å²) in [5.41, 5.74) is 8.85. The Morgan fingerprint density at radius 2 is 2.00 bits per heavy atom. The van der Waals surface area contributed by atoms with Gasteiger partial charge in [0.25, 0.3) is 11.5 Å². The first kappa shape index (κ1) is 17.5. The van der Waals surface area contributed by atoms with Crippen LogP contribution in [0.3, 0.4) is 0 Å². The SMILES string of the molecule is CC1(C)CC(=O)c2cc(C(=O)N3CCCc4c(N)cccc43)c(=O)[nH]c2C1. The molecule has 3 N–H and O–H groups in total. The molecule has 1 aliphatic carbocycles. The van der Waals surface area contributed by atoms with Crippen LogP contribution in [0.5, 0.6) is 0 Å². The van der Waals surface area contributed by atoms with Crippen molar-refractivity contribution in [1.29, 1.82) is 0 Å². The number of amides is 1. The van der Waals surface area contributed by atoms with Gasteiger partial charge in [-0.2, -0.15) is 0 Å². The minimum atomic E-state index is -0.444. The first-order chi connectivity index (χ1) is 12.8. The van der Waals surface area contributed by atoms with Crippen LogP contribution < -0.4 is 16.2 Å². The number of hydrogen-bond donors (Lipinski definition) is 2. The van der Waals surface area contributed by atoms with E-state index in [1.807, 2.05) is 32.0 Å². The summed E-state index contributed by atoms with van der Waals surface area (Å²) < 4.78 is 0. The van der Waals surface area contributed by atoms with Crippen LogP contribution >= 0.6 is 0 Å². The van der Waals surface area contributed by atoms with Crippen LogP contribution in [0.15, 0.2) is 29.1 Å². The minimum Gasteiger partial charge on any atom is -0.398 e. The third-order valence-electron chi connectivity index (χ3n) is 5.48. The van der Waals surface area contributed by atoms with Gasteiger partial charge in [0.2, 0.25) is 0 Å². The van der Waals surface area contributed by atoms with E-state index in [0.717, 1.165) is 24.1 Å². The fraction of sp³-hybridized carbons (Fsp3) is 0.381. The predicted octanol–water partition coefficient (Wildman–Crippen LogP) is 2.71. The van der Waals surface area contributed by atoms with Gasteiger partial charge in [-0.3, -0.25) is 14.4 Å². The number of ketones is 1. The van der Waals surface area contributed by atoms with Gasteiger partial charge in [0.15, 0.2) is 5.78 Å². The zero-order valence-corrected chi connectivity index (χ0v) is 15.6. The summed E-state index contributed by atoms with van der Waals surface area (Å²) in [7, 11) is 0. The van der Waals surface area contributed by atoms with E-state index in [0.29, 0.717) is 36.3 Å². The molecule has 0 bridgehead atoms. The van der Waals surface area contributed by atoms with Crippen molar-refractivity contribution in [1.82, 2.24) is 4.98 Å². The number of carbonyl (C=O) groups is 2. The van der Waals surface area contributed by atoms with Crippen molar-refractivity contribution in [3.05, 3.63) is 57.0 Å². The van der Waals surface area contributed by atoms with Crippen LogP contribution in [-0.4, -0.2) is 23.2 Å². The molecule has 1 aliphatic heterocycles. The summed E-state index contributed by atoms with van der Waals surface area (Å²) in [6, 6.07) is 6.96. The van der Waals surface area contributed by atoms with E-state index in [4.69, 9.17) is 5.73 Å². The van der Waals surface area contributed by atoms with Gasteiger partial charge in [0.05, 0.1) is 0 Å². The Labute approximate surface area is 157 Å². The number of H-pyrrole nitrogens is 1. The third-order valence-corrected chi connectivity index (χ3v) is 5.48. The summed E-state index contributed by atoms with van der Waals surface area (Å²) >= 11 is 0. The lowest BCUT2D eigenvalue weighted by molar-refractivity contribution is 0.0910. The normalized spacial score (nSPS) is 18.0. The number of Topliss-reactive ketones (excluding diaryl/α,β-unsaturated/α-hetero) is 1. The van der Waals surface area contributed by atoms with Gasteiger partial charge >= 0.3 is 0 Å². The predicted molar refractivity (Wildman–Crippen MR) is 104 cm³/mol. The highest BCUT2D eigenvalue weighted by atomic mass is 16.2. The Kier molecular flexibility index (Phi) is 3.94. The average Bonchev–Trinajstić information content (AvgIpc) is 2.59. The lowest BCUT2D eigenvalue weighted by atomic mass is 9.75. The van der Waals surface area contributed by atoms with E-state index >= 15 is 0 Å². The number of nitrogens with one attached hydrogen (secondary N) is 1. The zero-order valence-electron chi connectivity index (χ0n) is 15.6. The highest BCUT2D eigenvalue weighted by Crippen LogP contribution is 2.35. The maximum atomic E-state index is 13.2. The highest BCUT2D eigenvalue weighted by molar-refractivity contribution is 6.08. The summed E-state index contributed by atoms with van der Waals surface area (Å²) in [6.07, 6.45) is 2.60. The largest absolute Gasteiger partial charge is 0.398 e. The summed E-state index contributed by atoms with van der Waals surface area (Å²) in [5.74, 6) is -0.418. The molecule has 6 heteroatoms. The number of fused-ring (bicyclic) bond motifs is 2. The standard InChI is InChI=1S/C21H23N3O3/c1-21(2)10-16-13(18(25)11-21)9-14(19(26)23-16)20(27)24-8-4-5-12-15(22)6-3-7-17(12)24/h3,6-7,9H,4-5,8,10-11,22H2,1-2H3,(H,23,26). The second-order valence-corrected chi connectivity index (χ2v) is 8.25. The van der Waals surface area contributed by atoms with Crippen LogP contribution in [0.1, 0.15) is 58.7 Å². The number of pyridine rings is 1. The molecule has 0 saturated heterocycles. The molecule has 2 heterocycles.